The maximum atomic E-state index is 13.3. The van der Waals surface area contributed by atoms with Gasteiger partial charge in [-0.05, 0) is 17.7 Å². The van der Waals surface area contributed by atoms with Gasteiger partial charge in [-0.2, -0.15) is 13.2 Å². The Morgan fingerprint density at radius 2 is 1.88 bits per heavy atom. The van der Waals surface area contributed by atoms with E-state index < -0.39 is 28.6 Å². The van der Waals surface area contributed by atoms with Crippen molar-refractivity contribution in [3.8, 4) is 0 Å². The van der Waals surface area contributed by atoms with E-state index in [1.54, 1.807) is 0 Å². The van der Waals surface area contributed by atoms with Crippen molar-refractivity contribution in [2.75, 3.05) is 0 Å². The summed E-state index contributed by atoms with van der Waals surface area (Å²) < 4.78 is 39.8. The second-order valence-corrected chi connectivity index (χ2v) is 5.53. The van der Waals surface area contributed by atoms with Crippen LogP contribution in [0.4, 0.5) is 18.9 Å². The molecule has 0 aromatic heterocycles. The van der Waals surface area contributed by atoms with Crippen molar-refractivity contribution in [2.24, 2.45) is 5.92 Å². The van der Waals surface area contributed by atoms with Crippen LogP contribution in [0.3, 0.4) is 0 Å². The summed E-state index contributed by atoms with van der Waals surface area (Å²) in [6.07, 6.45) is -4.67. The van der Waals surface area contributed by atoms with Crippen molar-refractivity contribution in [3.63, 3.8) is 0 Å². The topological polar surface area (TPSA) is 95.7 Å². The van der Waals surface area contributed by atoms with E-state index in [1.165, 1.54) is 26.0 Å². The maximum absolute atomic E-state index is 13.3. The smallest absolute Gasteiger partial charge is 0.359 e. The number of nitrogens with zero attached hydrogens (tertiary/aromatic N) is 2. The Bertz CT molecular complexity index is 700. The number of halogens is 3. The number of nitro groups is 1. The molecule has 1 unspecified atom stereocenters. The number of amides is 1. The van der Waals surface area contributed by atoms with Gasteiger partial charge in [-0.3, -0.25) is 20.3 Å². The summed E-state index contributed by atoms with van der Waals surface area (Å²) in [6.45, 7) is 2.79. The first-order valence-electron chi connectivity index (χ1n) is 6.85. The van der Waals surface area contributed by atoms with Gasteiger partial charge in [0, 0.05) is 24.1 Å². The quantitative estimate of drug-likeness (QED) is 0.647. The number of hydrogen-bond donors (Lipinski definition) is 2. The Kier molecular flexibility index (Phi) is 4.27. The van der Waals surface area contributed by atoms with E-state index in [2.05, 4.69) is 5.43 Å². The molecule has 1 aliphatic heterocycles. The van der Waals surface area contributed by atoms with Crippen LogP contribution in [-0.4, -0.2) is 32.8 Å². The van der Waals surface area contributed by atoms with Crippen LogP contribution in [0.5, 0.6) is 0 Å². The molecule has 24 heavy (non-hydrogen) atoms. The molecule has 0 spiro atoms. The number of hydrazine groups is 1. The number of rotatable bonds is 3. The fraction of sp³-hybridized carbons (Fsp3) is 0.357. The summed E-state index contributed by atoms with van der Waals surface area (Å²) in [5.41, 5.74) is -1.53. The van der Waals surface area contributed by atoms with Crippen molar-refractivity contribution in [2.45, 2.75) is 25.7 Å². The van der Waals surface area contributed by atoms with Gasteiger partial charge in [0.05, 0.1) is 10.6 Å². The fourth-order valence-corrected chi connectivity index (χ4v) is 2.10. The summed E-state index contributed by atoms with van der Waals surface area (Å²) in [4.78, 5) is 22.0. The lowest BCUT2D eigenvalue weighted by Gasteiger charge is -2.34. The lowest BCUT2D eigenvalue weighted by molar-refractivity contribution is -0.384. The van der Waals surface area contributed by atoms with E-state index in [9.17, 15) is 33.2 Å². The molecule has 0 radical (unpaired) electrons. The van der Waals surface area contributed by atoms with Gasteiger partial charge in [-0.1, -0.05) is 13.8 Å². The molecule has 2 rings (SSSR count). The molecule has 1 amide bonds. The predicted octanol–water partition coefficient (Wildman–Crippen LogP) is 2.19. The maximum Gasteiger partial charge on any atom is 0.442 e. The molecule has 0 bridgehead atoms. The summed E-state index contributed by atoms with van der Waals surface area (Å²) in [7, 11) is 0. The molecule has 1 aromatic carbocycles. The van der Waals surface area contributed by atoms with Crippen molar-refractivity contribution in [1.29, 1.82) is 0 Å². The SMILES string of the molecule is CC(C)C(=O)N1NC(c2ccc([N+](=O)[O-])cc2)=CC1(O)C(F)(F)F. The summed E-state index contributed by atoms with van der Waals surface area (Å²) in [5, 5.41) is 20.8. The van der Waals surface area contributed by atoms with Gasteiger partial charge in [0.25, 0.3) is 11.4 Å². The van der Waals surface area contributed by atoms with Crippen LogP contribution in [0.15, 0.2) is 30.3 Å². The average molecular weight is 345 g/mol. The van der Waals surface area contributed by atoms with Crippen molar-refractivity contribution >= 4 is 17.3 Å². The van der Waals surface area contributed by atoms with Crippen LogP contribution in [-0.2, 0) is 4.79 Å². The van der Waals surface area contributed by atoms with E-state index in [-0.39, 0.29) is 22.0 Å². The summed E-state index contributed by atoms with van der Waals surface area (Å²) >= 11 is 0. The average Bonchev–Trinajstić information content (AvgIpc) is 2.85. The van der Waals surface area contributed by atoms with Crippen LogP contribution in [0.1, 0.15) is 19.4 Å². The zero-order chi connectivity index (χ0) is 18.3. The third-order valence-corrected chi connectivity index (χ3v) is 3.44. The molecular formula is C14H14F3N3O4. The third kappa shape index (κ3) is 2.92. The summed E-state index contributed by atoms with van der Waals surface area (Å²) in [6, 6.07) is 4.66. The van der Waals surface area contributed by atoms with E-state index >= 15 is 0 Å². The second-order valence-electron chi connectivity index (χ2n) is 5.53. The van der Waals surface area contributed by atoms with Gasteiger partial charge in [-0.25, -0.2) is 5.01 Å². The molecule has 0 fully saturated rings. The van der Waals surface area contributed by atoms with Crippen LogP contribution in [0.25, 0.3) is 5.70 Å². The van der Waals surface area contributed by atoms with E-state index in [4.69, 9.17) is 0 Å². The molecule has 7 nitrogen and oxygen atoms in total. The number of carbonyl (C=O) groups excluding carboxylic acids is 1. The Morgan fingerprint density at radius 1 is 1.33 bits per heavy atom. The first kappa shape index (κ1) is 17.7. The van der Waals surface area contributed by atoms with Crippen LogP contribution in [0, 0.1) is 16.0 Å². The normalized spacial score (nSPS) is 20.8. The van der Waals surface area contributed by atoms with Gasteiger partial charge in [0.2, 0.25) is 5.91 Å². The third-order valence-electron chi connectivity index (χ3n) is 3.44. The monoisotopic (exact) mass is 345 g/mol. The predicted molar refractivity (Wildman–Crippen MR) is 76.9 cm³/mol. The summed E-state index contributed by atoms with van der Waals surface area (Å²) in [5.74, 6) is -1.75. The second kappa shape index (κ2) is 5.78. The van der Waals surface area contributed by atoms with Gasteiger partial charge in [-0.15, -0.1) is 0 Å². The number of hydrogen-bond acceptors (Lipinski definition) is 5. The van der Waals surface area contributed by atoms with Crippen LogP contribution >= 0.6 is 0 Å². The number of nitrogens with one attached hydrogen (secondary N) is 1. The standard InChI is InChI=1S/C14H14F3N3O4/c1-8(2)12(21)19-13(22,14(15,16)17)7-11(18-19)9-3-5-10(6-4-9)20(23)24/h3-8,18,22H,1-2H3. The minimum atomic E-state index is -5.13. The molecule has 2 N–H and O–H groups in total. The number of aliphatic hydroxyl groups is 1. The van der Waals surface area contributed by atoms with Crippen molar-refractivity contribution in [3.05, 3.63) is 46.0 Å². The van der Waals surface area contributed by atoms with Gasteiger partial charge in [0.1, 0.15) is 0 Å². The molecule has 0 aliphatic carbocycles. The van der Waals surface area contributed by atoms with E-state index in [0.717, 1.165) is 12.1 Å². The van der Waals surface area contributed by atoms with E-state index in [0.29, 0.717) is 6.08 Å². The number of nitro benzene ring substituents is 1. The molecule has 1 aromatic rings. The van der Waals surface area contributed by atoms with Gasteiger partial charge < -0.3 is 5.11 Å². The van der Waals surface area contributed by atoms with Crippen LogP contribution < -0.4 is 5.43 Å². The zero-order valence-corrected chi connectivity index (χ0v) is 12.7. The first-order valence-corrected chi connectivity index (χ1v) is 6.85. The van der Waals surface area contributed by atoms with Gasteiger partial charge >= 0.3 is 6.18 Å². The lowest BCUT2D eigenvalue weighted by Crippen LogP contribution is -2.61. The first-order chi connectivity index (χ1) is 11.0. The molecule has 0 saturated carbocycles. The molecule has 1 heterocycles. The Balaban J connectivity index is 2.44. The molecule has 130 valence electrons. The highest BCUT2D eigenvalue weighted by molar-refractivity contribution is 5.82. The minimum Gasteiger partial charge on any atom is -0.359 e. The molecule has 1 atom stereocenters. The largest absolute Gasteiger partial charge is 0.442 e. The Labute approximate surface area is 134 Å². The van der Waals surface area contributed by atoms with Gasteiger partial charge in [0.15, 0.2) is 0 Å². The molecular weight excluding hydrogens is 331 g/mol. The lowest BCUT2D eigenvalue weighted by atomic mass is 10.1. The Morgan fingerprint density at radius 3 is 2.29 bits per heavy atom. The molecule has 1 aliphatic rings. The van der Waals surface area contributed by atoms with E-state index in [1.807, 2.05) is 0 Å². The highest BCUT2D eigenvalue weighted by atomic mass is 19.4. The van der Waals surface area contributed by atoms with Crippen LogP contribution in [0.2, 0.25) is 0 Å². The van der Waals surface area contributed by atoms with Crippen molar-refractivity contribution in [1.82, 2.24) is 10.4 Å². The number of non-ortho nitro benzene ring substituents is 1. The van der Waals surface area contributed by atoms with Crippen molar-refractivity contribution < 1.29 is 28.0 Å². The number of carbonyl (C=O) groups is 1. The highest BCUT2D eigenvalue weighted by Gasteiger charge is 2.61. The minimum absolute atomic E-state index is 0.119. The number of alkyl halides is 3. The number of benzene rings is 1. The fourth-order valence-electron chi connectivity index (χ4n) is 2.10. The highest BCUT2D eigenvalue weighted by Crippen LogP contribution is 2.40. The Hall–Kier alpha value is -2.62. The zero-order valence-electron chi connectivity index (χ0n) is 12.7. The molecule has 10 heteroatoms. The molecule has 0 saturated heterocycles.